The first-order chi connectivity index (χ1) is 13.3. The molecule has 10 heteroatoms. The summed E-state index contributed by atoms with van der Waals surface area (Å²) < 4.78 is 36.1. The highest BCUT2D eigenvalue weighted by molar-refractivity contribution is 7.93. The summed E-state index contributed by atoms with van der Waals surface area (Å²) >= 11 is 5.98. The highest BCUT2D eigenvalue weighted by Crippen LogP contribution is 2.33. The van der Waals surface area contributed by atoms with Crippen LogP contribution in [0.2, 0.25) is 5.02 Å². The Kier molecular flexibility index (Phi) is 5.85. The third kappa shape index (κ3) is 4.26. The van der Waals surface area contributed by atoms with Crippen LogP contribution in [0.1, 0.15) is 6.42 Å². The van der Waals surface area contributed by atoms with E-state index in [2.05, 4.69) is 10.6 Å². The molecule has 1 heterocycles. The Morgan fingerprint density at radius 3 is 2.21 bits per heavy atom. The summed E-state index contributed by atoms with van der Waals surface area (Å²) in [4.78, 5) is 12.5. The molecule has 2 amide bonds. The molecular formula is C18H20ClN3O5S. The van der Waals surface area contributed by atoms with E-state index >= 15 is 0 Å². The average molecular weight is 426 g/mol. The van der Waals surface area contributed by atoms with Crippen molar-refractivity contribution in [2.24, 2.45) is 0 Å². The number of carbonyl (C=O) groups excluding carboxylic acids is 1. The molecule has 1 fully saturated rings. The molecule has 0 aliphatic carbocycles. The minimum atomic E-state index is -3.33. The molecule has 1 aliphatic heterocycles. The van der Waals surface area contributed by atoms with Crippen LogP contribution in [0.5, 0.6) is 11.5 Å². The number of halogens is 1. The molecule has 0 radical (unpaired) electrons. The van der Waals surface area contributed by atoms with Gasteiger partial charge in [0.2, 0.25) is 10.0 Å². The number of hydrogen-bond donors (Lipinski definition) is 2. The van der Waals surface area contributed by atoms with Crippen LogP contribution in [0.15, 0.2) is 36.4 Å². The van der Waals surface area contributed by atoms with E-state index in [1.54, 1.807) is 36.4 Å². The maximum atomic E-state index is 12.5. The number of urea groups is 1. The van der Waals surface area contributed by atoms with Gasteiger partial charge in [-0.1, -0.05) is 11.6 Å². The van der Waals surface area contributed by atoms with Crippen molar-refractivity contribution < 1.29 is 22.7 Å². The van der Waals surface area contributed by atoms with E-state index in [1.807, 2.05) is 0 Å². The van der Waals surface area contributed by atoms with Crippen molar-refractivity contribution in [2.75, 3.05) is 41.5 Å². The van der Waals surface area contributed by atoms with Crippen LogP contribution in [0.4, 0.5) is 21.9 Å². The van der Waals surface area contributed by atoms with Gasteiger partial charge in [0, 0.05) is 11.6 Å². The number of ether oxygens (including phenoxy) is 2. The second-order valence-electron chi connectivity index (χ2n) is 6.05. The molecule has 0 atom stereocenters. The first-order valence-corrected chi connectivity index (χ1v) is 10.4. The van der Waals surface area contributed by atoms with Crippen molar-refractivity contribution in [3.05, 3.63) is 41.4 Å². The monoisotopic (exact) mass is 425 g/mol. The fourth-order valence-electron chi connectivity index (χ4n) is 2.93. The predicted molar refractivity (Wildman–Crippen MR) is 109 cm³/mol. The van der Waals surface area contributed by atoms with Crippen molar-refractivity contribution in [3.8, 4) is 11.5 Å². The van der Waals surface area contributed by atoms with Crippen LogP contribution >= 0.6 is 11.6 Å². The molecule has 0 spiro atoms. The Morgan fingerprint density at radius 1 is 1.04 bits per heavy atom. The Labute approximate surface area is 168 Å². The number of hydrogen-bond acceptors (Lipinski definition) is 5. The number of carbonyl (C=O) groups is 1. The zero-order chi connectivity index (χ0) is 20.3. The Balaban J connectivity index is 1.84. The van der Waals surface area contributed by atoms with E-state index in [0.29, 0.717) is 46.5 Å². The molecule has 3 rings (SSSR count). The summed E-state index contributed by atoms with van der Waals surface area (Å²) in [7, 11) is -0.390. The molecule has 2 N–H and O–H groups in total. The van der Waals surface area contributed by atoms with Gasteiger partial charge in [-0.25, -0.2) is 13.2 Å². The van der Waals surface area contributed by atoms with Crippen molar-refractivity contribution in [3.63, 3.8) is 0 Å². The van der Waals surface area contributed by atoms with Gasteiger partial charge in [0.25, 0.3) is 0 Å². The molecule has 2 aromatic rings. The van der Waals surface area contributed by atoms with Crippen LogP contribution in [-0.2, 0) is 10.0 Å². The van der Waals surface area contributed by atoms with E-state index < -0.39 is 16.1 Å². The number of nitrogens with one attached hydrogen (secondary N) is 2. The van der Waals surface area contributed by atoms with Gasteiger partial charge in [-0.2, -0.15) is 0 Å². The number of nitrogens with zero attached hydrogens (tertiary/aromatic N) is 1. The van der Waals surface area contributed by atoms with Crippen LogP contribution < -0.4 is 24.4 Å². The number of rotatable bonds is 5. The molecule has 0 saturated carbocycles. The summed E-state index contributed by atoms with van der Waals surface area (Å²) in [6.45, 7) is 0.403. The van der Waals surface area contributed by atoms with E-state index in [9.17, 15) is 13.2 Å². The number of benzene rings is 2. The lowest BCUT2D eigenvalue weighted by molar-refractivity contribution is 0.262. The smallest absolute Gasteiger partial charge is 0.323 e. The lowest BCUT2D eigenvalue weighted by Crippen LogP contribution is -2.25. The summed E-state index contributed by atoms with van der Waals surface area (Å²) in [5, 5.41) is 5.78. The van der Waals surface area contributed by atoms with E-state index in [1.165, 1.54) is 18.5 Å². The molecule has 8 nitrogen and oxygen atoms in total. The van der Waals surface area contributed by atoms with Crippen molar-refractivity contribution >= 4 is 44.7 Å². The molecule has 0 aromatic heterocycles. The van der Waals surface area contributed by atoms with E-state index in [4.69, 9.17) is 21.1 Å². The Morgan fingerprint density at radius 2 is 1.64 bits per heavy atom. The van der Waals surface area contributed by atoms with E-state index in [-0.39, 0.29) is 5.75 Å². The van der Waals surface area contributed by atoms with Gasteiger partial charge >= 0.3 is 6.03 Å². The van der Waals surface area contributed by atoms with Gasteiger partial charge < -0.3 is 20.1 Å². The second-order valence-corrected chi connectivity index (χ2v) is 8.50. The minimum Gasteiger partial charge on any atom is -0.495 e. The number of methoxy groups -OCH3 is 2. The van der Waals surface area contributed by atoms with Crippen LogP contribution in [0, 0.1) is 0 Å². The number of amides is 2. The molecular weight excluding hydrogens is 406 g/mol. The molecule has 0 unspecified atom stereocenters. The Hall–Kier alpha value is -2.65. The predicted octanol–water partition coefficient (Wildman–Crippen LogP) is 3.54. The first-order valence-electron chi connectivity index (χ1n) is 8.44. The topological polar surface area (TPSA) is 97.0 Å². The average Bonchev–Trinajstić information content (AvgIpc) is 3.01. The fourth-order valence-corrected chi connectivity index (χ4v) is 4.66. The van der Waals surface area contributed by atoms with Crippen LogP contribution in [0.3, 0.4) is 0 Å². The van der Waals surface area contributed by atoms with Gasteiger partial charge in [-0.3, -0.25) is 4.31 Å². The molecule has 150 valence electrons. The molecule has 1 aliphatic rings. The van der Waals surface area contributed by atoms with Crippen molar-refractivity contribution in [1.82, 2.24) is 0 Å². The first kappa shape index (κ1) is 20.1. The summed E-state index contributed by atoms with van der Waals surface area (Å²) in [5.41, 5.74) is 1.19. The number of sulfonamides is 1. The fraction of sp³-hybridized carbons (Fsp3) is 0.278. The van der Waals surface area contributed by atoms with Crippen molar-refractivity contribution in [1.29, 1.82) is 0 Å². The molecule has 0 bridgehead atoms. The number of anilines is 3. The van der Waals surface area contributed by atoms with Gasteiger partial charge in [0.1, 0.15) is 11.5 Å². The van der Waals surface area contributed by atoms with Crippen molar-refractivity contribution in [2.45, 2.75) is 6.42 Å². The summed E-state index contributed by atoms with van der Waals surface area (Å²) in [5.74, 6) is 0.952. The highest BCUT2D eigenvalue weighted by Gasteiger charge is 2.29. The molecule has 28 heavy (non-hydrogen) atoms. The standard InChI is InChI=1S/C18H20ClN3O5S/c1-26-16-6-4-12(19)10-14(16)20-18(23)21-15-11-13(5-7-17(15)27-2)22-8-3-9-28(22,24)25/h4-7,10-11H,3,8-9H2,1-2H3,(H2,20,21,23). The normalized spacial score (nSPS) is 15.2. The third-order valence-corrected chi connectivity index (χ3v) is 6.33. The maximum Gasteiger partial charge on any atom is 0.323 e. The summed E-state index contributed by atoms with van der Waals surface area (Å²) in [6.07, 6.45) is 0.562. The lowest BCUT2D eigenvalue weighted by Gasteiger charge is -2.19. The van der Waals surface area contributed by atoms with Gasteiger partial charge in [-0.15, -0.1) is 0 Å². The molecule has 1 saturated heterocycles. The maximum absolute atomic E-state index is 12.5. The zero-order valence-electron chi connectivity index (χ0n) is 15.4. The largest absolute Gasteiger partial charge is 0.495 e. The quantitative estimate of drug-likeness (QED) is 0.763. The lowest BCUT2D eigenvalue weighted by atomic mass is 10.2. The van der Waals surface area contributed by atoms with Gasteiger partial charge in [0.05, 0.1) is 37.0 Å². The van der Waals surface area contributed by atoms with Crippen LogP contribution in [-0.4, -0.2) is 41.0 Å². The van der Waals surface area contributed by atoms with Gasteiger partial charge in [-0.05, 0) is 42.8 Å². The second kappa shape index (κ2) is 8.15. The minimum absolute atomic E-state index is 0.108. The van der Waals surface area contributed by atoms with Gasteiger partial charge in [0.15, 0.2) is 0 Å². The summed E-state index contributed by atoms with van der Waals surface area (Å²) in [6, 6.07) is 9.11. The highest BCUT2D eigenvalue weighted by atomic mass is 35.5. The SMILES string of the molecule is COc1ccc(Cl)cc1NC(=O)Nc1cc(N2CCCS2(=O)=O)ccc1OC. The molecule has 2 aromatic carbocycles. The zero-order valence-corrected chi connectivity index (χ0v) is 16.9. The Bertz CT molecular complexity index is 997. The third-order valence-electron chi connectivity index (χ3n) is 4.23. The van der Waals surface area contributed by atoms with Crippen LogP contribution in [0.25, 0.3) is 0 Å². The van der Waals surface area contributed by atoms with E-state index in [0.717, 1.165) is 0 Å².